The number of aliphatic carboxylic acids is 2. The zero-order valence-corrected chi connectivity index (χ0v) is 20.2. The maximum Gasteiger partial charge on any atom is 0.490 e. The number of carboxylic acids is 2. The van der Waals surface area contributed by atoms with Crippen LogP contribution >= 0.6 is 11.3 Å². The molecule has 3 N–H and O–H groups in total. The fraction of sp³-hybridized carbons (Fsp3) is 0.455. The van der Waals surface area contributed by atoms with Crippen LogP contribution in [0.3, 0.4) is 0 Å². The molecule has 1 amide bonds. The first kappa shape index (κ1) is 31.0. The average Bonchev–Trinajstić information content (AvgIpc) is 3.57. The number of rotatable bonds is 5. The van der Waals surface area contributed by atoms with E-state index >= 15 is 0 Å². The number of aromatic nitrogens is 1. The van der Waals surface area contributed by atoms with Crippen LogP contribution in [-0.2, 0) is 32.2 Å². The zero-order chi connectivity index (χ0) is 28.5. The van der Waals surface area contributed by atoms with Crippen molar-refractivity contribution in [2.75, 3.05) is 6.54 Å². The number of likely N-dealkylation sites (tertiary alicyclic amines) is 1. The number of halogens is 6. The van der Waals surface area contributed by atoms with Gasteiger partial charge in [0.05, 0.1) is 6.10 Å². The summed E-state index contributed by atoms with van der Waals surface area (Å²) >= 11 is 1.79. The maximum atomic E-state index is 12.4. The quantitative estimate of drug-likeness (QED) is 0.466. The molecule has 2 aliphatic rings. The van der Waals surface area contributed by atoms with Crippen molar-refractivity contribution in [2.45, 2.75) is 56.5 Å². The summed E-state index contributed by atoms with van der Waals surface area (Å²) in [5, 5.41) is 19.3. The molecule has 2 aliphatic heterocycles. The van der Waals surface area contributed by atoms with Gasteiger partial charge in [0.15, 0.2) is 0 Å². The van der Waals surface area contributed by atoms with Gasteiger partial charge in [-0.15, -0.1) is 11.3 Å². The van der Waals surface area contributed by atoms with Crippen LogP contribution in [0.25, 0.3) is 0 Å². The van der Waals surface area contributed by atoms with Gasteiger partial charge in [0.1, 0.15) is 6.10 Å². The van der Waals surface area contributed by atoms with Crippen LogP contribution in [0.1, 0.15) is 23.3 Å². The molecule has 4 heterocycles. The number of pyridine rings is 1. The monoisotopic (exact) mass is 571 g/mol. The molecule has 3 atom stereocenters. The van der Waals surface area contributed by atoms with Crippen LogP contribution in [-0.4, -0.2) is 75.1 Å². The van der Waals surface area contributed by atoms with Crippen LogP contribution in [0.4, 0.5) is 26.3 Å². The summed E-state index contributed by atoms with van der Waals surface area (Å²) in [6.07, 6.45) is -5.00. The summed E-state index contributed by atoms with van der Waals surface area (Å²) in [4.78, 5) is 38.1. The minimum atomic E-state index is -5.08. The molecule has 9 nitrogen and oxygen atoms in total. The lowest BCUT2D eigenvalue weighted by molar-refractivity contribution is -0.193. The summed E-state index contributed by atoms with van der Waals surface area (Å²) in [6, 6.07) is 8.46. The lowest BCUT2D eigenvalue weighted by atomic mass is 10.1. The summed E-state index contributed by atoms with van der Waals surface area (Å²) in [5.74, 6) is -5.52. The van der Waals surface area contributed by atoms with E-state index in [1.165, 1.54) is 4.88 Å². The third kappa shape index (κ3) is 9.90. The number of fused-ring (bicyclic) bond motifs is 1. The van der Waals surface area contributed by atoms with Crippen LogP contribution in [0.2, 0.25) is 0 Å². The van der Waals surface area contributed by atoms with Crippen molar-refractivity contribution in [3.63, 3.8) is 0 Å². The van der Waals surface area contributed by atoms with E-state index in [9.17, 15) is 31.1 Å². The molecule has 0 unspecified atom stereocenters. The molecule has 2 saturated heterocycles. The fourth-order valence-corrected chi connectivity index (χ4v) is 4.33. The van der Waals surface area contributed by atoms with Crippen molar-refractivity contribution in [1.29, 1.82) is 0 Å². The lowest BCUT2D eigenvalue weighted by Crippen LogP contribution is -2.36. The van der Waals surface area contributed by atoms with Crippen LogP contribution in [0.15, 0.2) is 42.0 Å². The molecule has 0 spiro atoms. The normalized spacial score (nSPS) is 20.8. The van der Waals surface area contributed by atoms with Crippen LogP contribution in [0.5, 0.6) is 0 Å². The van der Waals surface area contributed by atoms with E-state index in [0.29, 0.717) is 12.6 Å². The number of hydrogen-bond acceptors (Lipinski definition) is 7. The predicted octanol–water partition coefficient (Wildman–Crippen LogP) is 3.46. The van der Waals surface area contributed by atoms with Gasteiger partial charge in [0.2, 0.25) is 5.91 Å². The number of nitrogens with one attached hydrogen (secondary N) is 1. The van der Waals surface area contributed by atoms with Gasteiger partial charge in [-0.1, -0.05) is 12.1 Å². The van der Waals surface area contributed by atoms with Gasteiger partial charge in [-0.25, -0.2) is 9.59 Å². The number of hydrogen-bond donors (Lipinski definition) is 3. The Bertz CT molecular complexity index is 1030. The van der Waals surface area contributed by atoms with Crippen molar-refractivity contribution in [2.24, 2.45) is 0 Å². The van der Waals surface area contributed by atoms with E-state index in [1.54, 1.807) is 23.7 Å². The van der Waals surface area contributed by atoms with E-state index in [1.807, 2.05) is 12.1 Å². The second kappa shape index (κ2) is 13.5. The Kier molecular flexibility index (Phi) is 11.0. The molecular formula is C22H23F6N3O6S. The number of carboxylic acid groups (broad SMARTS) is 2. The summed E-state index contributed by atoms with van der Waals surface area (Å²) in [6.45, 7) is 2.52. The highest BCUT2D eigenvalue weighted by molar-refractivity contribution is 7.09. The number of amides is 1. The van der Waals surface area contributed by atoms with Gasteiger partial charge < -0.3 is 20.3 Å². The highest BCUT2D eigenvalue weighted by atomic mass is 32.1. The summed E-state index contributed by atoms with van der Waals surface area (Å²) in [5.41, 5.74) is 1.00. The van der Waals surface area contributed by atoms with Gasteiger partial charge in [-0.2, -0.15) is 26.3 Å². The first-order valence-electron chi connectivity index (χ1n) is 10.9. The molecule has 4 rings (SSSR count). The third-order valence-electron chi connectivity index (χ3n) is 5.30. The van der Waals surface area contributed by atoms with E-state index in [2.05, 4.69) is 32.7 Å². The van der Waals surface area contributed by atoms with Gasteiger partial charge in [0.25, 0.3) is 0 Å². The van der Waals surface area contributed by atoms with Crippen molar-refractivity contribution in [3.05, 3.63) is 52.5 Å². The molecule has 0 radical (unpaired) electrons. The first-order chi connectivity index (χ1) is 17.7. The average molecular weight is 571 g/mol. The fourth-order valence-electron chi connectivity index (χ4n) is 3.61. The molecule has 16 heteroatoms. The molecule has 0 saturated carbocycles. The van der Waals surface area contributed by atoms with Gasteiger partial charge >= 0.3 is 24.3 Å². The Labute approximate surface area is 216 Å². The summed E-state index contributed by atoms with van der Waals surface area (Å²) in [7, 11) is 0. The molecule has 0 bridgehead atoms. The highest BCUT2D eigenvalue weighted by Crippen LogP contribution is 2.34. The van der Waals surface area contributed by atoms with Crippen LogP contribution < -0.4 is 5.32 Å². The van der Waals surface area contributed by atoms with Crippen molar-refractivity contribution in [1.82, 2.24) is 15.2 Å². The van der Waals surface area contributed by atoms with Gasteiger partial charge in [-0.3, -0.25) is 14.7 Å². The minimum Gasteiger partial charge on any atom is -0.475 e. The van der Waals surface area contributed by atoms with E-state index in [0.717, 1.165) is 31.5 Å². The Hall–Kier alpha value is -3.24. The maximum absolute atomic E-state index is 12.4. The second-order valence-electron chi connectivity index (χ2n) is 7.99. The first-order valence-corrected chi connectivity index (χ1v) is 11.7. The van der Waals surface area contributed by atoms with Gasteiger partial charge in [-0.05, 0) is 29.5 Å². The minimum absolute atomic E-state index is 0.00988. The SMILES string of the molecule is O=C(NCc1cccnc1)[C@@H]1C[C@H]2[C@H](CCN2Cc2cccs2)O1.O=C(O)C(F)(F)F.O=C(O)C(F)(F)F. The van der Waals surface area contributed by atoms with Crippen molar-refractivity contribution in [3.8, 4) is 0 Å². The number of nitrogens with zero attached hydrogens (tertiary/aromatic N) is 2. The van der Waals surface area contributed by atoms with E-state index in [-0.39, 0.29) is 18.1 Å². The van der Waals surface area contributed by atoms with Crippen LogP contribution in [0, 0.1) is 0 Å². The standard InChI is InChI=1S/C18H21N3O2S.2C2HF3O2/c22-18(20-11-13-3-1-6-19-10-13)17-9-15-16(23-17)5-7-21(15)12-14-4-2-8-24-14;2*3-2(4,5)1(6)7/h1-4,6,8,10,15-17H,5,7,9,11-12H2,(H,20,22);2*(H,6,7)/t15-,16-,17-;;/m0../s1. The Morgan fingerprint density at radius 2 is 1.71 bits per heavy atom. The molecule has 0 aromatic carbocycles. The third-order valence-corrected chi connectivity index (χ3v) is 6.16. The topological polar surface area (TPSA) is 129 Å². The predicted molar refractivity (Wildman–Crippen MR) is 120 cm³/mol. The molecule has 38 heavy (non-hydrogen) atoms. The van der Waals surface area contributed by atoms with Crippen molar-refractivity contribution < 1.29 is 55.7 Å². The Morgan fingerprint density at radius 1 is 1.08 bits per heavy atom. The molecule has 210 valence electrons. The lowest BCUT2D eigenvalue weighted by Gasteiger charge is -2.21. The number of alkyl halides is 6. The van der Waals surface area contributed by atoms with E-state index < -0.39 is 24.3 Å². The molecular weight excluding hydrogens is 548 g/mol. The molecule has 2 fully saturated rings. The highest BCUT2D eigenvalue weighted by Gasteiger charge is 2.45. The second-order valence-corrected chi connectivity index (χ2v) is 9.02. The number of thiophene rings is 1. The van der Waals surface area contributed by atoms with Gasteiger partial charge in [0, 0.05) is 49.4 Å². The molecule has 2 aromatic rings. The molecule has 0 aliphatic carbocycles. The smallest absolute Gasteiger partial charge is 0.475 e. The largest absolute Gasteiger partial charge is 0.490 e. The number of carbonyl (C=O) groups excluding carboxylic acids is 1. The summed E-state index contributed by atoms with van der Waals surface area (Å²) < 4.78 is 69.5. The van der Waals surface area contributed by atoms with Crippen molar-refractivity contribution >= 4 is 29.2 Å². The molecule has 2 aromatic heterocycles. The number of ether oxygens (including phenoxy) is 1. The van der Waals surface area contributed by atoms with E-state index in [4.69, 9.17) is 24.5 Å². The Morgan fingerprint density at radius 3 is 2.21 bits per heavy atom. The zero-order valence-electron chi connectivity index (χ0n) is 19.4. The number of carbonyl (C=O) groups is 3. The Balaban J connectivity index is 0.000000301.